The van der Waals surface area contributed by atoms with Crippen LogP contribution in [0.25, 0.3) is 11.1 Å². The monoisotopic (exact) mass is 449 g/mol. The normalized spacial score (nSPS) is 19.8. The van der Waals surface area contributed by atoms with Crippen LogP contribution in [-0.4, -0.2) is 55.7 Å². The molecule has 5 rings (SSSR count). The van der Waals surface area contributed by atoms with Crippen molar-refractivity contribution in [1.82, 2.24) is 4.90 Å². The highest BCUT2D eigenvalue weighted by atomic mass is 19.4. The molecule has 32 heavy (non-hydrogen) atoms. The summed E-state index contributed by atoms with van der Waals surface area (Å²) in [5, 5.41) is 9.58. The minimum Gasteiger partial charge on any atom is -0.493 e. The van der Waals surface area contributed by atoms with Crippen molar-refractivity contribution in [2.45, 2.75) is 31.5 Å². The van der Waals surface area contributed by atoms with Gasteiger partial charge < -0.3 is 19.5 Å². The van der Waals surface area contributed by atoms with Crippen LogP contribution < -0.4 is 9.47 Å². The summed E-state index contributed by atoms with van der Waals surface area (Å²) in [7, 11) is 3.19. The third kappa shape index (κ3) is 4.61. The predicted molar refractivity (Wildman–Crippen MR) is 113 cm³/mol. The maximum absolute atomic E-state index is 12.6. The maximum Gasteiger partial charge on any atom is 0.417 e. The third-order valence-corrected chi connectivity index (χ3v) is 6.30. The Labute approximate surface area is 184 Å². The molecule has 0 amide bonds. The second kappa shape index (κ2) is 8.75. The Morgan fingerprint density at radius 1 is 1.03 bits per heavy atom. The molecule has 1 atom stereocenters. The summed E-state index contributed by atoms with van der Waals surface area (Å²) in [5.41, 5.74) is 2.41. The molecule has 1 unspecified atom stereocenters. The van der Waals surface area contributed by atoms with Crippen molar-refractivity contribution in [3.8, 4) is 22.6 Å². The first-order valence-electron chi connectivity index (χ1n) is 10.6. The number of benzene rings is 2. The number of ether oxygens (including phenoxy) is 2. The highest BCUT2D eigenvalue weighted by molar-refractivity contribution is 6.03. The minimum atomic E-state index is -4.17. The highest BCUT2D eigenvalue weighted by Gasteiger charge is 2.37. The van der Waals surface area contributed by atoms with Crippen LogP contribution in [0.2, 0.25) is 0 Å². The van der Waals surface area contributed by atoms with Gasteiger partial charge in [-0.15, -0.1) is 0 Å². The van der Waals surface area contributed by atoms with Crippen molar-refractivity contribution in [2.24, 2.45) is 5.92 Å². The fourth-order valence-corrected chi connectivity index (χ4v) is 4.46. The van der Waals surface area contributed by atoms with Crippen LogP contribution >= 0.6 is 0 Å². The summed E-state index contributed by atoms with van der Waals surface area (Å²) in [4.78, 5) is 14.9. The molecular formula is C24H26F3NO4. The third-order valence-electron chi connectivity index (χ3n) is 6.30. The van der Waals surface area contributed by atoms with Gasteiger partial charge in [-0.05, 0) is 60.2 Å². The molecule has 0 saturated carbocycles. The largest absolute Gasteiger partial charge is 0.493 e. The van der Waals surface area contributed by atoms with Crippen LogP contribution in [0.15, 0.2) is 30.3 Å². The van der Waals surface area contributed by atoms with E-state index in [0.717, 1.165) is 61.7 Å². The number of rotatable bonds is 4. The molecule has 8 heteroatoms. The molecule has 1 aliphatic heterocycles. The topological polar surface area (TPSA) is 59.0 Å². The lowest BCUT2D eigenvalue weighted by Crippen LogP contribution is -2.39. The average molecular weight is 449 g/mol. The second-order valence-electron chi connectivity index (χ2n) is 8.42. The molecule has 1 aromatic carbocycles. The van der Waals surface area contributed by atoms with Crippen molar-refractivity contribution >= 4 is 5.78 Å². The molecule has 1 saturated heterocycles. The zero-order valence-electron chi connectivity index (χ0n) is 18.0. The summed E-state index contributed by atoms with van der Waals surface area (Å²) in [6.07, 6.45) is -1.99. The fraction of sp³-hybridized carbons (Fsp3) is 0.458. The zero-order valence-corrected chi connectivity index (χ0v) is 18.0. The van der Waals surface area contributed by atoms with Crippen LogP contribution in [0.1, 0.15) is 34.3 Å². The van der Waals surface area contributed by atoms with E-state index in [1.807, 2.05) is 6.07 Å². The number of methoxy groups -OCH3 is 2. The molecule has 1 aromatic rings. The Bertz CT molecular complexity index is 1010. The number of ketones is 1. The lowest BCUT2D eigenvalue weighted by molar-refractivity contribution is -0.136. The summed E-state index contributed by atoms with van der Waals surface area (Å²) >= 11 is 0. The van der Waals surface area contributed by atoms with Gasteiger partial charge in [0, 0.05) is 31.1 Å². The van der Waals surface area contributed by atoms with E-state index >= 15 is 0 Å². The SMILES string of the molecule is COc1cc2c(cc1OC)C(=O)C(CN1CCC(O)CC1)C2.FC(F)(F)c1ccc2cc1-2. The Morgan fingerprint density at radius 3 is 2.19 bits per heavy atom. The van der Waals surface area contributed by atoms with E-state index in [9.17, 15) is 23.1 Å². The number of carbonyl (C=O) groups is 1. The van der Waals surface area contributed by atoms with Gasteiger partial charge in [0.1, 0.15) is 0 Å². The fourth-order valence-electron chi connectivity index (χ4n) is 4.46. The number of fused-ring (bicyclic) bond motifs is 2. The number of nitrogens with zero attached hydrogens (tertiary/aromatic N) is 1. The molecule has 5 nitrogen and oxygen atoms in total. The van der Waals surface area contributed by atoms with Crippen LogP contribution in [0.3, 0.4) is 0 Å². The van der Waals surface area contributed by atoms with Crippen LogP contribution in [0.5, 0.6) is 11.5 Å². The van der Waals surface area contributed by atoms with E-state index in [2.05, 4.69) is 4.90 Å². The molecular weight excluding hydrogens is 423 g/mol. The average Bonchev–Trinajstić information content (AvgIpc) is 3.29. The smallest absolute Gasteiger partial charge is 0.417 e. The van der Waals surface area contributed by atoms with Crippen molar-refractivity contribution < 1.29 is 32.5 Å². The number of likely N-dealkylation sites (tertiary alicyclic amines) is 1. The number of alkyl halides is 3. The molecule has 0 bridgehead atoms. The standard InChI is InChI=1S/C17H23NO4.C7H3F3/c1-21-15-8-11-7-12(10-18-5-3-13(19)4-6-18)17(20)14(11)9-16(15)22-2;8-7(9,10)6-2-1-4-3-5(4)6/h8-9,12-13,19H,3-7,10H2,1-2H3;1-3H. The van der Waals surface area contributed by atoms with Gasteiger partial charge in [-0.3, -0.25) is 4.79 Å². The Morgan fingerprint density at radius 2 is 1.69 bits per heavy atom. The lowest BCUT2D eigenvalue weighted by Gasteiger charge is -2.30. The number of hydrogen-bond donors (Lipinski definition) is 1. The Balaban J connectivity index is 0.000000203. The molecule has 3 aliphatic carbocycles. The maximum atomic E-state index is 12.6. The van der Waals surface area contributed by atoms with E-state index in [-0.39, 0.29) is 17.8 Å². The van der Waals surface area contributed by atoms with Gasteiger partial charge >= 0.3 is 6.18 Å². The van der Waals surface area contributed by atoms with E-state index in [4.69, 9.17) is 9.47 Å². The van der Waals surface area contributed by atoms with Crippen molar-refractivity contribution in [2.75, 3.05) is 33.9 Å². The number of aliphatic hydroxyl groups is 1. The number of aliphatic hydroxyl groups excluding tert-OH is 1. The van der Waals surface area contributed by atoms with Gasteiger partial charge in [0.2, 0.25) is 0 Å². The van der Waals surface area contributed by atoms with E-state index in [0.29, 0.717) is 17.1 Å². The van der Waals surface area contributed by atoms with Gasteiger partial charge in [-0.2, -0.15) is 13.2 Å². The van der Waals surface area contributed by atoms with Crippen molar-refractivity contribution in [1.29, 1.82) is 0 Å². The number of hydrogen-bond acceptors (Lipinski definition) is 5. The Hall–Kier alpha value is -2.58. The number of carbonyl (C=O) groups excluding carboxylic acids is 1. The van der Waals surface area contributed by atoms with Crippen LogP contribution in [-0.2, 0) is 12.6 Å². The molecule has 1 fully saturated rings. The van der Waals surface area contributed by atoms with Gasteiger partial charge in [-0.25, -0.2) is 0 Å². The lowest BCUT2D eigenvalue weighted by atomic mass is 10.0. The van der Waals surface area contributed by atoms with Gasteiger partial charge in [-0.1, -0.05) is 6.07 Å². The van der Waals surface area contributed by atoms with Gasteiger partial charge in [0.15, 0.2) is 17.3 Å². The van der Waals surface area contributed by atoms with Gasteiger partial charge in [0.05, 0.1) is 25.9 Å². The number of Topliss-reactive ketones (excluding diaryl/α,β-unsaturated/α-hetero) is 1. The van der Waals surface area contributed by atoms with Crippen LogP contribution in [0, 0.1) is 5.92 Å². The molecule has 172 valence electrons. The first-order chi connectivity index (χ1) is 15.2. The summed E-state index contributed by atoms with van der Waals surface area (Å²) in [6.45, 7) is 2.51. The summed E-state index contributed by atoms with van der Waals surface area (Å²) < 4.78 is 46.3. The molecule has 1 heterocycles. The quantitative estimate of drug-likeness (QED) is 0.647. The second-order valence-corrected chi connectivity index (χ2v) is 8.42. The molecule has 0 aromatic heterocycles. The molecule has 1 N–H and O–H groups in total. The number of piperidine rings is 1. The first-order valence-corrected chi connectivity index (χ1v) is 10.6. The van der Waals surface area contributed by atoms with Crippen molar-refractivity contribution in [3.05, 3.63) is 47.0 Å². The van der Waals surface area contributed by atoms with Crippen molar-refractivity contribution in [3.63, 3.8) is 0 Å². The molecule has 4 aliphatic rings. The predicted octanol–water partition coefficient (Wildman–Crippen LogP) is 4.20. The summed E-state index contributed by atoms with van der Waals surface area (Å²) in [6, 6.07) is 7.86. The van der Waals surface area contributed by atoms with E-state index in [1.54, 1.807) is 20.3 Å². The van der Waals surface area contributed by atoms with E-state index in [1.165, 1.54) is 12.1 Å². The first kappa shape index (κ1) is 22.6. The minimum absolute atomic E-state index is 0.00190. The summed E-state index contributed by atoms with van der Waals surface area (Å²) in [5.74, 6) is 1.48. The zero-order chi connectivity index (χ0) is 23.0. The molecule has 0 radical (unpaired) electrons. The van der Waals surface area contributed by atoms with E-state index < -0.39 is 11.7 Å². The highest BCUT2D eigenvalue weighted by Crippen LogP contribution is 2.46. The van der Waals surface area contributed by atoms with Crippen LogP contribution in [0.4, 0.5) is 13.2 Å². The Kier molecular flexibility index (Phi) is 6.18. The van der Waals surface area contributed by atoms with Gasteiger partial charge in [0.25, 0.3) is 0 Å². The molecule has 0 spiro atoms. The number of halogens is 3.